The summed E-state index contributed by atoms with van der Waals surface area (Å²) in [6, 6.07) is 11.9. The molecule has 0 aliphatic rings. The summed E-state index contributed by atoms with van der Waals surface area (Å²) >= 11 is 0. The lowest BCUT2D eigenvalue weighted by Crippen LogP contribution is -2.17. The van der Waals surface area contributed by atoms with Crippen LogP contribution in [0.25, 0.3) is 0 Å². The fourth-order valence-electron chi connectivity index (χ4n) is 1.72. The van der Waals surface area contributed by atoms with E-state index in [-0.39, 0.29) is 12.5 Å². The van der Waals surface area contributed by atoms with Gasteiger partial charge in [0.15, 0.2) is 0 Å². The summed E-state index contributed by atoms with van der Waals surface area (Å²) < 4.78 is 5.64. The van der Waals surface area contributed by atoms with Gasteiger partial charge in [-0.2, -0.15) is 0 Å². The second-order valence-electron chi connectivity index (χ2n) is 4.24. The number of carbonyl (C=O) groups is 1. The largest absolute Gasteiger partial charge is 0.455 e. The summed E-state index contributed by atoms with van der Waals surface area (Å²) in [4.78, 5) is 11.5. The van der Waals surface area contributed by atoms with Crippen LogP contribution in [0, 0.1) is 0 Å². The smallest absolute Gasteiger partial charge is 0.251 e. The van der Waals surface area contributed by atoms with Crippen LogP contribution in [0.3, 0.4) is 0 Å². The second-order valence-corrected chi connectivity index (χ2v) is 4.24. The van der Waals surface area contributed by atoms with Crippen molar-refractivity contribution in [3.8, 4) is 11.5 Å². The lowest BCUT2D eigenvalue weighted by molar-refractivity contribution is 0.0963. The van der Waals surface area contributed by atoms with Crippen LogP contribution < -0.4 is 15.8 Å². The van der Waals surface area contributed by atoms with Gasteiger partial charge in [0.2, 0.25) is 0 Å². The van der Waals surface area contributed by atoms with Crippen LogP contribution in [0.4, 0.5) is 5.69 Å². The third kappa shape index (κ3) is 3.07. The Labute approximate surface area is 117 Å². The molecular formula is C15H16N2O3. The van der Waals surface area contributed by atoms with Crippen LogP contribution in [-0.4, -0.2) is 18.1 Å². The van der Waals surface area contributed by atoms with E-state index in [0.717, 1.165) is 5.56 Å². The summed E-state index contributed by atoms with van der Waals surface area (Å²) in [5, 5.41) is 11.5. The van der Waals surface area contributed by atoms with E-state index >= 15 is 0 Å². The summed E-state index contributed by atoms with van der Waals surface area (Å²) in [6.07, 6.45) is 0. The number of amides is 1. The Morgan fingerprint density at radius 3 is 2.50 bits per heavy atom. The second kappa shape index (κ2) is 6.08. The van der Waals surface area contributed by atoms with Crippen molar-refractivity contribution in [2.75, 3.05) is 12.8 Å². The van der Waals surface area contributed by atoms with Crippen LogP contribution >= 0.6 is 0 Å². The monoisotopic (exact) mass is 272 g/mol. The number of aliphatic hydroxyl groups is 1. The molecule has 104 valence electrons. The fourth-order valence-corrected chi connectivity index (χ4v) is 1.72. The first kappa shape index (κ1) is 13.9. The number of nitrogen functional groups attached to an aromatic ring is 1. The maximum absolute atomic E-state index is 11.5. The topological polar surface area (TPSA) is 84.6 Å². The molecule has 0 saturated carbocycles. The number of anilines is 1. The van der Waals surface area contributed by atoms with Crippen LogP contribution in [0.1, 0.15) is 15.9 Å². The molecule has 2 rings (SSSR count). The van der Waals surface area contributed by atoms with E-state index in [2.05, 4.69) is 5.32 Å². The van der Waals surface area contributed by atoms with E-state index < -0.39 is 0 Å². The maximum atomic E-state index is 11.5. The van der Waals surface area contributed by atoms with Crippen LogP contribution in [0.5, 0.6) is 11.5 Å². The standard InChI is InChI=1S/C15H16N2O3/c1-17-15(19)11-4-7-14(13(16)8-11)20-12-5-2-10(9-18)3-6-12/h2-8,18H,9,16H2,1H3,(H,17,19). The minimum atomic E-state index is -0.199. The van der Waals surface area contributed by atoms with E-state index in [1.807, 2.05) is 0 Å². The highest BCUT2D eigenvalue weighted by atomic mass is 16.5. The van der Waals surface area contributed by atoms with Gasteiger partial charge < -0.3 is 20.9 Å². The van der Waals surface area contributed by atoms with Gasteiger partial charge in [-0.15, -0.1) is 0 Å². The van der Waals surface area contributed by atoms with Gasteiger partial charge >= 0.3 is 0 Å². The lowest BCUT2D eigenvalue weighted by atomic mass is 10.1. The molecule has 0 spiro atoms. The highest BCUT2D eigenvalue weighted by Gasteiger charge is 2.08. The molecule has 5 heteroatoms. The number of ether oxygens (including phenoxy) is 1. The molecule has 20 heavy (non-hydrogen) atoms. The third-order valence-corrected chi connectivity index (χ3v) is 2.83. The highest BCUT2D eigenvalue weighted by Crippen LogP contribution is 2.28. The Morgan fingerprint density at radius 2 is 1.95 bits per heavy atom. The average Bonchev–Trinajstić information content (AvgIpc) is 2.49. The lowest BCUT2D eigenvalue weighted by Gasteiger charge is -2.10. The summed E-state index contributed by atoms with van der Waals surface area (Å²) in [6.45, 7) is -0.0107. The van der Waals surface area contributed by atoms with Gasteiger partial charge in [0, 0.05) is 12.6 Å². The molecule has 1 amide bonds. The number of nitrogens with two attached hydrogens (primary N) is 1. The molecule has 0 fully saturated rings. The number of aliphatic hydroxyl groups excluding tert-OH is 1. The summed E-state index contributed by atoms with van der Waals surface area (Å²) in [5.74, 6) is 0.895. The molecule has 0 atom stereocenters. The van der Waals surface area contributed by atoms with Gasteiger partial charge in [-0.1, -0.05) is 12.1 Å². The summed E-state index contributed by atoms with van der Waals surface area (Å²) in [5.41, 5.74) is 7.54. The number of benzene rings is 2. The zero-order valence-electron chi connectivity index (χ0n) is 11.1. The van der Waals surface area contributed by atoms with Crippen LogP contribution in [0.15, 0.2) is 42.5 Å². The van der Waals surface area contributed by atoms with Crippen LogP contribution in [0.2, 0.25) is 0 Å². The molecule has 5 nitrogen and oxygen atoms in total. The molecule has 0 saturated heterocycles. The zero-order chi connectivity index (χ0) is 14.5. The predicted molar refractivity (Wildman–Crippen MR) is 76.7 cm³/mol. The summed E-state index contributed by atoms with van der Waals surface area (Å²) in [7, 11) is 1.56. The zero-order valence-corrected chi connectivity index (χ0v) is 11.1. The highest BCUT2D eigenvalue weighted by molar-refractivity contribution is 5.95. The maximum Gasteiger partial charge on any atom is 0.251 e. The van der Waals surface area contributed by atoms with Crippen molar-refractivity contribution < 1.29 is 14.6 Å². The molecule has 0 aliphatic carbocycles. The van der Waals surface area contributed by atoms with E-state index in [4.69, 9.17) is 15.6 Å². The Balaban J connectivity index is 2.18. The number of rotatable bonds is 4. The van der Waals surface area contributed by atoms with E-state index in [0.29, 0.717) is 22.7 Å². The molecule has 0 aliphatic heterocycles. The van der Waals surface area contributed by atoms with Gasteiger partial charge in [0.1, 0.15) is 11.5 Å². The molecule has 2 aromatic rings. The molecule has 0 radical (unpaired) electrons. The molecule has 4 N–H and O–H groups in total. The van der Waals surface area contributed by atoms with Crippen molar-refractivity contribution >= 4 is 11.6 Å². The normalized spacial score (nSPS) is 10.1. The van der Waals surface area contributed by atoms with Crippen LogP contribution in [-0.2, 0) is 6.61 Å². The molecule has 0 bridgehead atoms. The van der Waals surface area contributed by atoms with Crippen molar-refractivity contribution in [1.29, 1.82) is 0 Å². The predicted octanol–water partition coefficient (Wildman–Crippen LogP) is 1.91. The number of carbonyl (C=O) groups excluding carboxylic acids is 1. The third-order valence-electron chi connectivity index (χ3n) is 2.83. The molecule has 0 unspecified atom stereocenters. The van der Waals surface area contributed by atoms with Crippen molar-refractivity contribution in [3.05, 3.63) is 53.6 Å². The average molecular weight is 272 g/mol. The SMILES string of the molecule is CNC(=O)c1ccc(Oc2ccc(CO)cc2)c(N)c1. The fraction of sp³-hybridized carbons (Fsp3) is 0.133. The van der Waals surface area contributed by atoms with Gasteiger partial charge in [0.25, 0.3) is 5.91 Å². The Morgan fingerprint density at radius 1 is 1.25 bits per heavy atom. The molecular weight excluding hydrogens is 256 g/mol. The number of nitrogens with one attached hydrogen (secondary N) is 1. The van der Waals surface area contributed by atoms with Crippen molar-refractivity contribution in [2.24, 2.45) is 0 Å². The Hall–Kier alpha value is -2.53. The van der Waals surface area contributed by atoms with Crippen molar-refractivity contribution in [1.82, 2.24) is 5.32 Å². The minimum Gasteiger partial charge on any atom is -0.455 e. The first-order valence-electron chi connectivity index (χ1n) is 6.13. The first-order valence-corrected chi connectivity index (χ1v) is 6.13. The van der Waals surface area contributed by atoms with Gasteiger partial charge in [-0.05, 0) is 35.9 Å². The van der Waals surface area contributed by atoms with Gasteiger partial charge in [0.05, 0.1) is 12.3 Å². The van der Waals surface area contributed by atoms with E-state index in [1.54, 1.807) is 49.5 Å². The first-order chi connectivity index (χ1) is 9.63. The van der Waals surface area contributed by atoms with E-state index in [1.165, 1.54) is 0 Å². The number of hydrogen-bond donors (Lipinski definition) is 3. The van der Waals surface area contributed by atoms with E-state index in [9.17, 15) is 4.79 Å². The van der Waals surface area contributed by atoms with Crippen molar-refractivity contribution in [3.63, 3.8) is 0 Å². The minimum absolute atomic E-state index is 0.0107. The van der Waals surface area contributed by atoms with Gasteiger partial charge in [-0.25, -0.2) is 0 Å². The number of hydrogen-bond acceptors (Lipinski definition) is 4. The van der Waals surface area contributed by atoms with Gasteiger partial charge in [-0.3, -0.25) is 4.79 Å². The molecule has 2 aromatic carbocycles. The van der Waals surface area contributed by atoms with Crippen molar-refractivity contribution in [2.45, 2.75) is 6.61 Å². The Kier molecular flexibility index (Phi) is 4.22. The molecule has 0 aromatic heterocycles. The Bertz CT molecular complexity index is 609. The molecule has 0 heterocycles. The quantitative estimate of drug-likeness (QED) is 0.742.